The molecule has 5 nitrogen and oxygen atoms in total. The van der Waals surface area contributed by atoms with Crippen LogP contribution in [0.3, 0.4) is 0 Å². The molecule has 0 aromatic heterocycles. The zero-order valence-corrected chi connectivity index (χ0v) is 11.4. The Balaban J connectivity index is 3.28. The normalized spacial score (nSPS) is 11.6. The molecule has 1 atom stereocenters. The number of hydrogen-bond donors (Lipinski definition) is 0. The lowest BCUT2D eigenvalue weighted by Crippen LogP contribution is -2.30. The standard InChI is InChI=1S/C14H16O5/c1-8-5-6-10(9(2)7-8)11(13(16)18-3)12(15)14(17)19-4/h5-7,11H,1-4H3. The van der Waals surface area contributed by atoms with Gasteiger partial charge in [0.15, 0.2) is 5.92 Å². The topological polar surface area (TPSA) is 69.7 Å². The Morgan fingerprint density at radius 3 is 2.16 bits per heavy atom. The summed E-state index contributed by atoms with van der Waals surface area (Å²) in [6, 6.07) is 5.24. The Bertz CT molecular complexity index is 519. The van der Waals surface area contributed by atoms with Crippen molar-refractivity contribution in [1.29, 1.82) is 0 Å². The summed E-state index contributed by atoms with van der Waals surface area (Å²) in [6.07, 6.45) is 0. The van der Waals surface area contributed by atoms with Gasteiger partial charge in [0.05, 0.1) is 14.2 Å². The van der Waals surface area contributed by atoms with E-state index in [1.165, 1.54) is 7.11 Å². The van der Waals surface area contributed by atoms with Gasteiger partial charge in [0, 0.05) is 0 Å². The molecule has 1 aromatic carbocycles. The Morgan fingerprint density at radius 2 is 1.68 bits per heavy atom. The Morgan fingerprint density at radius 1 is 1.05 bits per heavy atom. The summed E-state index contributed by atoms with van der Waals surface area (Å²) in [6.45, 7) is 3.66. The number of ketones is 1. The third kappa shape index (κ3) is 3.19. The zero-order valence-electron chi connectivity index (χ0n) is 11.4. The van der Waals surface area contributed by atoms with Gasteiger partial charge < -0.3 is 9.47 Å². The molecule has 5 heteroatoms. The fraction of sp³-hybridized carbons (Fsp3) is 0.357. The molecule has 0 saturated carbocycles. The average Bonchev–Trinajstić information content (AvgIpc) is 2.39. The molecule has 0 aliphatic carbocycles. The van der Waals surface area contributed by atoms with Gasteiger partial charge in [-0.2, -0.15) is 0 Å². The maximum absolute atomic E-state index is 11.9. The lowest BCUT2D eigenvalue weighted by Gasteiger charge is -2.15. The number of methoxy groups -OCH3 is 2. The summed E-state index contributed by atoms with van der Waals surface area (Å²) in [7, 11) is 2.26. The first-order chi connectivity index (χ1) is 8.92. The van der Waals surface area contributed by atoms with E-state index in [0.717, 1.165) is 18.2 Å². The maximum Gasteiger partial charge on any atom is 0.375 e. The van der Waals surface area contributed by atoms with E-state index in [1.807, 2.05) is 13.0 Å². The monoisotopic (exact) mass is 264 g/mol. The van der Waals surface area contributed by atoms with Crippen LogP contribution >= 0.6 is 0 Å². The van der Waals surface area contributed by atoms with E-state index in [0.29, 0.717) is 5.56 Å². The molecule has 0 saturated heterocycles. The molecule has 0 aliphatic rings. The summed E-state index contributed by atoms with van der Waals surface area (Å²) in [4.78, 5) is 35.0. The molecule has 0 heterocycles. The molecule has 1 rings (SSSR count). The molecule has 0 N–H and O–H groups in total. The largest absolute Gasteiger partial charge is 0.468 e. The third-order valence-corrected chi connectivity index (χ3v) is 2.82. The Labute approximate surface area is 111 Å². The lowest BCUT2D eigenvalue weighted by molar-refractivity contribution is -0.157. The molecular formula is C14H16O5. The average molecular weight is 264 g/mol. The second-order valence-electron chi connectivity index (χ2n) is 4.17. The molecule has 19 heavy (non-hydrogen) atoms. The number of Topliss-reactive ketones (excluding diaryl/α,β-unsaturated/α-hetero) is 1. The Hall–Kier alpha value is -2.17. The number of benzene rings is 1. The van der Waals surface area contributed by atoms with Crippen LogP contribution in [-0.2, 0) is 23.9 Å². The van der Waals surface area contributed by atoms with E-state index >= 15 is 0 Å². The smallest absolute Gasteiger partial charge is 0.375 e. The second kappa shape index (κ2) is 6.13. The fourth-order valence-corrected chi connectivity index (χ4v) is 1.86. The molecule has 102 valence electrons. The molecule has 0 amide bonds. The van der Waals surface area contributed by atoms with Crippen LogP contribution in [0.15, 0.2) is 18.2 Å². The molecule has 0 bridgehead atoms. The van der Waals surface area contributed by atoms with Crippen LogP contribution in [0.2, 0.25) is 0 Å². The minimum atomic E-state index is -1.28. The van der Waals surface area contributed by atoms with Crippen molar-refractivity contribution < 1.29 is 23.9 Å². The van der Waals surface area contributed by atoms with E-state index in [1.54, 1.807) is 19.1 Å². The predicted molar refractivity (Wildman–Crippen MR) is 67.7 cm³/mol. The minimum Gasteiger partial charge on any atom is -0.468 e. The number of hydrogen-bond acceptors (Lipinski definition) is 5. The van der Waals surface area contributed by atoms with Gasteiger partial charge in [-0.25, -0.2) is 4.79 Å². The fourth-order valence-electron chi connectivity index (χ4n) is 1.86. The van der Waals surface area contributed by atoms with Gasteiger partial charge in [0.1, 0.15) is 0 Å². The molecule has 0 spiro atoms. The second-order valence-corrected chi connectivity index (χ2v) is 4.17. The minimum absolute atomic E-state index is 0.452. The molecule has 0 fully saturated rings. The first-order valence-electron chi connectivity index (χ1n) is 5.69. The van der Waals surface area contributed by atoms with Crippen molar-refractivity contribution in [3.63, 3.8) is 0 Å². The molecule has 1 aromatic rings. The van der Waals surface area contributed by atoms with Gasteiger partial charge in [-0.3, -0.25) is 9.59 Å². The quantitative estimate of drug-likeness (QED) is 0.466. The van der Waals surface area contributed by atoms with E-state index in [2.05, 4.69) is 9.47 Å². The number of esters is 2. The van der Waals surface area contributed by atoms with E-state index in [9.17, 15) is 14.4 Å². The van der Waals surface area contributed by atoms with E-state index in [4.69, 9.17) is 0 Å². The lowest BCUT2D eigenvalue weighted by atomic mass is 9.90. The van der Waals surface area contributed by atoms with Gasteiger partial charge in [0.25, 0.3) is 5.78 Å². The zero-order chi connectivity index (χ0) is 14.6. The Kier molecular flexibility index (Phi) is 4.80. The van der Waals surface area contributed by atoms with Crippen LogP contribution in [0, 0.1) is 13.8 Å². The van der Waals surface area contributed by atoms with Crippen molar-refractivity contribution in [1.82, 2.24) is 0 Å². The number of rotatable bonds is 4. The van der Waals surface area contributed by atoms with Crippen molar-refractivity contribution >= 4 is 17.7 Å². The van der Waals surface area contributed by atoms with Gasteiger partial charge in [-0.05, 0) is 25.0 Å². The van der Waals surface area contributed by atoms with E-state index in [-0.39, 0.29) is 0 Å². The highest BCUT2D eigenvalue weighted by molar-refractivity contribution is 6.39. The van der Waals surface area contributed by atoms with Crippen LogP contribution in [0.4, 0.5) is 0 Å². The highest BCUT2D eigenvalue weighted by Crippen LogP contribution is 2.23. The van der Waals surface area contributed by atoms with Crippen molar-refractivity contribution in [2.75, 3.05) is 14.2 Å². The number of ether oxygens (including phenoxy) is 2. The summed E-state index contributed by atoms with van der Waals surface area (Å²) in [5.74, 6) is -4.04. The first kappa shape index (κ1) is 14.9. The van der Waals surface area contributed by atoms with Crippen LogP contribution in [0.1, 0.15) is 22.6 Å². The number of aryl methyl sites for hydroxylation is 2. The molecule has 1 unspecified atom stereocenters. The van der Waals surface area contributed by atoms with Crippen molar-refractivity contribution in [2.45, 2.75) is 19.8 Å². The molecular weight excluding hydrogens is 248 g/mol. The highest BCUT2D eigenvalue weighted by atomic mass is 16.5. The summed E-state index contributed by atoms with van der Waals surface area (Å²) in [5, 5.41) is 0. The maximum atomic E-state index is 11.9. The number of carbonyl (C=O) groups excluding carboxylic acids is 3. The predicted octanol–water partition coefficient (Wildman–Crippen LogP) is 1.30. The van der Waals surface area contributed by atoms with E-state index < -0.39 is 23.6 Å². The third-order valence-electron chi connectivity index (χ3n) is 2.82. The molecule has 0 aliphatic heterocycles. The van der Waals surface area contributed by atoms with Gasteiger partial charge >= 0.3 is 11.9 Å². The summed E-state index contributed by atoms with van der Waals surface area (Å²) >= 11 is 0. The van der Waals surface area contributed by atoms with Crippen LogP contribution in [0.5, 0.6) is 0 Å². The van der Waals surface area contributed by atoms with Crippen molar-refractivity contribution in [3.05, 3.63) is 34.9 Å². The van der Waals surface area contributed by atoms with Crippen molar-refractivity contribution in [2.24, 2.45) is 0 Å². The van der Waals surface area contributed by atoms with Crippen LogP contribution in [0.25, 0.3) is 0 Å². The molecule has 0 radical (unpaired) electrons. The van der Waals surface area contributed by atoms with Gasteiger partial charge in [-0.1, -0.05) is 23.8 Å². The summed E-state index contributed by atoms with van der Waals surface area (Å²) in [5.41, 5.74) is 2.19. The first-order valence-corrected chi connectivity index (χ1v) is 5.69. The van der Waals surface area contributed by atoms with Crippen LogP contribution in [-0.4, -0.2) is 31.9 Å². The van der Waals surface area contributed by atoms with Crippen LogP contribution < -0.4 is 0 Å². The SMILES string of the molecule is COC(=O)C(=O)C(C(=O)OC)c1ccc(C)cc1C. The van der Waals surface area contributed by atoms with Crippen molar-refractivity contribution in [3.8, 4) is 0 Å². The van der Waals surface area contributed by atoms with Gasteiger partial charge in [0.2, 0.25) is 0 Å². The highest BCUT2D eigenvalue weighted by Gasteiger charge is 2.35. The summed E-state index contributed by atoms with van der Waals surface area (Å²) < 4.78 is 8.98. The number of carbonyl (C=O) groups is 3. The van der Waals surface area contributed by atoms with Gasteiger partial charge in [-0.15, -0.1) is 0 Å².